The number of rotatable bonds is 3. The number of hydrogen-bond donors (Lipinski definition) is 3. The second-order valence-corrected chi connectivity index (χ2v) is 4.12. The minimum atomic E-state index is -0.166. The molecule has 0 unspecified atom stereocenters. The number of ketones is 1. The van der Waals surface area contributed by atoms with Gasteiger partial charge in [-0.25, -0.2) is 4.99 Å². The van der Waals surface area contributed by atoms with Crippen LogP contribution in [0.15, 0.2) is 58.8 Å². The van der Waals surface area contributed by atoms with Crippen molar-refractivity contribution in [2.24, 2.45) is 27.2 Å². The molecule has 7 heteroatoms. The molecular weight excluding hydrogens is 268 g/mol. The SMILES string of the molecule is NC(N)=NC(N)=Nc1ccc(C(=O)c2ccncc2)cc1. The molecule has 0 radical (unpaired) electrons. The summed E-state index contributed by atoms with van der Waals surface area (Å²) in [5, 5.41) is 0. The van der Waals surface area contributed by atoms with Crippen LogP contribution in [0.2, 0.25) is 0 Å². The number of pyridine rings is 1. The van der Waals surface area contributed by atoms with E-state index in [1.54, 1.807) is 48.8 Å². The van der Waals surface area contributed by atoms with Gasteiger partial charge in [0.1, 0.15) is 0 Å². The molecule has 0 bridgehead atoms. The first-order chi connectivity index (χ1) is 10.1. The first kappa shape index (κ1) is 14.2. The van der Waals surface area contributed by atoms with Crippen LogP contribution in [-0.4, -0.2) is 22.7 Å². The van der Waals surface area contributed by atoms with Gasteiger partial charge in [-0.2, -0.15) is 4.99 Å². The number of carbonyl (C=O) groups excluding carboxylic acids is 1. The van der Waals surface area contributed by atoms with Gasteiger partial charge in [0, 0.05) is 23.5 Å². The molecule has 2 rings (SSSR count). The molecule has 0 amide bonds. The van der Waals surface area contributed by atoms with Crippen LogP contribution in [0, 0.1) is 0 Å². The first-order valence-electron chi connectivity index (χ1n) is 6.05. The van der Waals surface area contributed by atoms with E-state index in [1.807, 2.05) is 0 Å². The molecule has 2 aromatic rings. The van der Waals surface area contributed by atoms with E-state index in [4.69, 9.17) is 17.2 Å². The van der Waals surface area contributed by atoms with E-state index in [-0.39, 0.29) is 17.7 Å². The second kappa shape index (κ2) is 6.29. The van der Waals surface area contributed by atoms with Crippen LogP contribution in [0.4, 0.5) is 5.69 Å². The zero-order valence-electron chi connectivity index (χ0n) is 11.1. The Morgan fingerprint density at radius 2 is 1.48 bits per heavy atom. The Balaban J connectivity index is 2.20. The van der Waals surface area contributed by atoms with Gasteiger partial charge in [0.15, 0.2) is 11.7 Å². The highest BCUT2D eigenvalue weighted by molar-refractivity contribution is 6.09. The van der Waals surface area contributed by atoms with Gasteiger partial charge in [-0.3, -0.25) is 9.78 Å². The summed E-state index contributed by atoms with van der Waals surface area (Å²) in [4.78, 5) is 23.7. The van der Waals surface area contributed by atoms with Crippen LogP contribution >= 0.6 is 0 Å². The summed E-state index contributed by atoms with van der Waals surface area (Å²) in [6.07, 6.45) is 3.14. The van der Waals surface area contributed by atoms with Gasteiger partial charge < -0.3 is 17.2 Å². The highest BCUT2D eigenvalue weighted by atomic mass is 16.1. The molecule has 0 atom stereocenters. The van der Waals surface area contributed by atoms with E-state index < -0.39 is 0 Å². The fraction of sp³-hybridized carbons (Fsp3) is 0. The Bertz CT molecular complexity index is 687. The first-order valence-corrected chi connectivity index (χ1v) is 6.05. The van der Waals surface area contributed by atoms with Crippen molar-refractivity contribution in [2.75, 3.05) is 0 Å². The molecule has 0 aliphatic rings. The van der Waals surface area contributed by atoms with Crippen LogP contribution in [0.1, 0.15) is 15.9 Å². The van der Waals surface area contributed by atoms with E-state index in [0.717, 1.165) is 0 Å². The van der Waals surface area contributed by atoms with Crippen molar-refractivity contribution in [1.82, 2.24) is 4.98 Å². The van der Waals surface area contributed by atoms with Crippen LogP contribution in [0.5, 0.6) is 0 Å². The lowest BCUT2D eigenvalue weighted by Gasteiger charge is -2.01. The standard InChI is InChI=1S/C14H14N6O/c15-13(16)20-14(17)19-11-3-1-9(2-4-11)12(21)10-5-7-18-8-6-10/h1-8H,(H6,15,16,17,19,20). The minimum absolute atomic E-state index is 0.0526. The lowest BCUT2D eigenvalue weighted by molar-refractivity contribution is 0.103. The quantitative estimate of drug-likeness (QED) is 0.429. The van der Waals surface area contributed by atoms with Gasteiger partial charge in [0.25, 0.3) is 0 Å². The minimum Gasteiger partial charge on any atom is -0.370 e. The summed E-state index contributed by atoms with van der Waals surface area (Å²) in [6, 6.07) is 9.94. The fourth-order valence-electron chi connectivity index (χ4n) is 1.65. The van der Waals surface area contributed by atoms with Gasteiger partial charge in [0.2, 0.25) is 5.96 Å². The Hall–Kier alpha value is -3.22. The zero-order chi connectivity index (χ0) is 15.2. The molecule has 0 aliphatic heterocycles. The third-order valence-electron chi connectivity index (χ3n) is 2.56. The number of benzene rings is 1. The number of aromatic nitrogens is 1. The molecule has 106 valence electrons. The normalized spacial score (nSPS) is 11.0. The number of hydrogen-bond acceptors (Lipinski definition) is 3. The van der Waals surface area contributed by atoms with Crippen molar-refractivity contribution in [1.29, 1.82) is 0 Å². The van der Waals surface area contributed by atoms with Gasteiger partial charge in [-0.1, -0.05) is 0 Å². The van der Waals surface area contributed by atoms with Crippen LogP contribution in [0.3, 0.4) is 0 Å². The van der Waals surface area contributed by atoms with Crippen molar-refractivity contribution < 1.29 is 4.79 Å². The maximum atomic E-state index is 12.2. The summed E-state index contributed by atoms with van der Waals surface area (Å²) in [5.74, 6) is -0.311. The van der Waals surface area contributed by atoms with Crippen LogP contribution < -0.4 is 17.2 Å². The van der Waals surface area contributed by atoms with E-state index in [9.17, 15) is 4.79 Å². The zero-order valence-corrected chi connectivity index (χ0v) is 11.1. The maximum absolute atomic E-state index is 12.2. The lowest BCUT2D eigenvalue weighted by Crippen LogP contribution is -2.26. The molecule has 1 aromatic heterocycles. The number of nitrogens with zero attached hydrogens (tertiary/aromatic N) is 3. The van der Waals surface area contributed by atoms with E-state index in [1.165, 1.54) is 0 Å². The lowest BCUT2D eigenvalue weighted by atomic mass is 10.0. The predicted octanol–water partition coefficient (Wildman–Crippen LogP) is 0.532. The topological polar surface area (TPSA) is 133 Å². The molecular formula is C14H14N6O. The number of carbonyl (C=O) groups is 1. The molecule has 0 spiro atoms. The Morgan fingerprint density at radius 1 is 0.905 bits per heavy atom. The molecule has 0 aliphatic carbocycles. The van der Waals surface area contributed by atoms with Crippen molar-refractivity contribution in [3.05, 3.63) is 59.9 Å². The summed E-state index contributed by atoms with van der Waals surface area (Å²) >= 11 is 0. The van der Waals surface area contributed by atoms with Gasteiger partial charge in [0.05, 0.1) is 5.69 Å². The summed E-state index contributed by atoms with van der Waals surface area (Å²) in [6.45, 7) is 0. The number of nitrogens with two attached hydrogens (primary N) is 3. The predicted molar refractivity (Wildman–Crippen MR) is 81.2 cm³/mol. The van der Waals surface area contributed by atoms with Crippen molar-refractivity contribution in [3.63, 3.8) is 0 Å². The molecule has 0 saturated carbocycles. The Morgan fingerprint density at radius 3 is 2.05 bits per heavy atom. The molecule has 21 heavy (non-hydrogen) atoms. The van der Waals surface area contributed by atoms with Gasteiger partial charge >= 0.3 is 0 Å². The molecule has 1 heterocycles. The Kier molecular flexibility index (Phi) is 4.25. The average Bonchev–Trinajstić information content (AvgIpc) is 2.47. The van der Waals surface area contributed by atoms with E-state index in [2.05, 4.69) is 15.0 Å². The van der Waals surface area contributed by atoms with Gasteiger partial charge in [-0.05, 0) is 36.4 Å². The van der Waals surface area contributed by atoms with Gasteiger partial charge in [-0.15, -0.1) is 0 Å². The summed E-state index contributed by atoms with van der Waals surface area (Å²) in [5.41, 5.74) is 17.6. The van der Waals surface area contributed by atoms with E-state index >= 15 is 0 Å². The largest absolute Gasteiger partial charge is 0.370 e. The number of guanidine groups is 2. The average molecular weight is 282 g/mol. The monoisotopic (exact) mass is 282 g/mol. The van der Waals surface area contributed by atoms with Crippen molar-refractivity contribution >= 4 is 23.4 Å². The van der Waals surface area contributed by atoms with Crippen molar-refractivity contribution in [2.45, 2.75) is 0 Å². The fourth-order valence-corrected chi connectivity index (χ4v) is 1.65. The second-order valence-electron chi connectivity index (χ2n) is 4.12. The molecule has 0 fully saturated rings. The third-order valence-corrected chi connectivity index (χ3v) is 2.56. The summed E-state index contributed by atoms with van der Waals surface area (Å²) in [7, 11) is 0. The molecule has 0 saturated heterocycles. The third kappa shape index (κ3) is 3.87. The van der Waals surface area contributed by atoms with Crippen molar-refractivity contribution in [3.8, 4) is 0 Å². The number of aliphatic imine (C=N–C) groups is 2. The molecule has 6 N–H and O–H groups in total. The van der Waals surface area contributed by atoms with E-state index in [0.29, 0.717) is 16.8 Å². The summed E-state index contributed by atoms with van der Waals surface area (Å²) < 4.78 is 0. The van der Waals surface area contributed by atoms with Crippen LogP contribution in [0.25, 0.3) is 0 Å². The highest BCUT2D eigenvalue weighted by Crippen LogP contribution is 2.15. The van der Waals surface area contributed by atoms with Crippen LogP contribution in [-0.2, 0) is 0 Å². The Labute approximate surface area is 121 Å². The smallest absolute Gasteiger partial charge is 0.223 e. The maximum Gasteiger partial charge on any atom is 0.223 e. The molecule has 7 nitrogen and oxygen atoms in total. The molecule has 1 aromatic carbocycles. The highest BCUT2D eigenvalue weighted by Gasteiger charge is 2.08.